The maximum Gasteiger partial charge on any atom is 0.331 e. The summed E-state index contributed by atoms with van der Waals surface area (Å²) >= 11 is 0. The molecule has 0 spiro atoms. The molecule has 8 nitrogen and oxygen atoms in total. The zero-order valence-electron chi connectivity index (χ0n) is 17.5. The van der Waals surface area contributed by atoms with Crippen LogP contribution >= 0.6 is 0 Å². The molecule has 1 aliphatic heterocycles. The molecule has 2 heterocycles. The summed E-state index contributed by atoms with van der Waals surface area (Å²) in [5.41, 5.74) is 0.918. The predicted octanol–water partition coefficient (Wildman–Crippen LogP) is 3.67. The standard InChI is InChI=1S/C24H19FN2O6/c1-31-21-12-15(7-8-20(21)33-14-16-4-2-5-17(25)10-16)11-19-22(28)26-24(30)27(23(19)29)13-18-6-3-9-32-18/h2-12H,13-14H2,1H3,(H,26,28,30). The van der Waals surface area contributed by atoms with Crippen LogP contribution in [0.1, 0.15) is 16.9 Å². The number of hydrogen-bond donors (Lipinski definition) is 1. The molecule has 1 N–H and O–H groups in total. The Balaban J connectivity index is 1.54. The number of benzene rings is 2. The van der Waals surface area contributed by atoms with Gasteiger partial charge in [-0.15, -0.1) is 0 Å². The van der Waals surface area contributed by atoms with Gasteiger partial charge in [0, 0.05) is 0 Å². The molecule has 1 aliphatic rings. The molecule has 0 unspecified atom stereocenters. The van der Waals surface area contributed by atoms with E-state index in [1.165, 1.54) is 31.6 Å². The molecule has 0 aliphatic carbocycles. The lowest BCUT2D eigenvalue weighted by Crippen LogP contribution is -2.53. The van der Waals surface area contributed by atoms with Gasteiger partial charge in [-0.25, -0.2) is 9.18 Å². The monoisotopic (exact) mass is 450 g/mol. The Morgan fingerprint density at radius 2 is 1.91 bits per heavy atom. The third-order valence-corrected chi connectivity index (χ3v) is 4.86. The van der Waals surface area contributed by atoms with Crippen LogP contribution in [0.5, 0.6) is 11.5 Å². The van der Waals surface area contributed by atoms with Crippen LogP contribution in [0.4, 0.5) is 9.18 Å². The van der Waals surface area contributed by atoms with Crippen LogP contribution in [0.3, 0.4) is 0 Å². The first-order chi connectivity index (χ1) is 15.9. The molecule has 2 aromatic carbocycles. The number of carbonyl (C=O) groups is 3. The van der Waals surface area contributed by atoms with E-state index < -0.39 is 17.8 Å². The third-order valence-electron chi connectivity index (χ3n) is 4.86. The average Bonchev–Trinajstić information content (AvgIpc) is 3.32. The van der Waals surface area contributed by atoms with E-state index in [1.807, 2.05) is 0 Å². The molecular weight excluding hydrogens is 431 g/mol. The Morgan fingerprint density at radius 1 is 1.06 bits per heavy atom. The van der Waals surface area contributed by atoms with E-state index in [9.17, 15) is 18.8 Å². The minimum Gasteiger partial charge on any atom is -0.493 e. The molecule has 4 amide bonds. The largest absolute Gasteiger partial charge is 0.493 e. The van der Waals surface area contributed by atoms with Crippen LogP contribution in [0.25, 0.3) is 6.08 Å². The quantitative estimate of drug-likeness (QED) is 0.436. The molecule has 1 aromatic heterocycles. The number of ether oxygens (including phenoxy) is 2. The second-order valence-electron chi connectivity index (χ2n) is 7.12. The molecule has 0 atom stereocenters. The zero-order chi connectivity index (χ0) is 23.4. The van der Waals surface area contributed by atoms with Crippen molar-refractivity contribution in [1.82, 2.24) is 10.2 Å². The first-order valence-electron chi connectivity index (χ1n) is 9.91. The summed E-state index contributed by atoms with van der Waals surface area (Å²) in [4.78, 5) is 38.2. The molecule has 33 heavy (non-hydrogen) atoms. The summed E-state index contributed by atoms with van der Waals surface area (Å²) in [6, 6.07) is 13.3. The van der Waals surface area contributed by atoms with Gasteiger partial charge in [0.05, 0.1) is 19.9 Å². The number of halogens is 1. The number of barbiturate groups is 1. The van der Waals surface area contributed by atoms with Crippen LogP contribution in [-0.2, 0) is 22.7 Å². The molecule has 0 bridgehead atoms. The Labute approximate surface area is 188 Å². The van der Waals surface area contributed by atoms with Gasteiger partial charge in [0.15, 0.2) is 11.5 Å². The van der Waals surface area contributed by atoms with Crippen molar-refractivity contribution in [2.75, 3.05) is 7.11 Å². The fourth-order valence-electron chi connectivity index (χ4n) is 3.24. The van der Waals surface area contributed by atoms with Crippen molar-refractivity contribution in [3.63, 3.8) is 0 Å². The average molecular weight is 450 g/mol. The first kappa shape index (κ1) is 21.8. The fourth-order valence-corrected chi connectivity index (χ4v) is 3.24. The molecule has 0 saturated carbocycles. The van der Waals surface area contributed by atoms with E-state index in [1.54, 1.807) is 42.5 Å². The lowest BCUT2D eigenvalue weighted by molar-refractivity contribution is -0.130. The van der Waals surface area contributed by atoms with E-state index in [4.69, 9.17) is 13.9 Å². The van der Waals surface area contributed by atoms with Gasteiger partial charge in [0.1, 0.15) is 23.8 Å². The molecular formula is C24H19FN2O6. The van der Waals surface area contributed by atoms with Crippen LogP contribution in [0.2, 0.25) is 0 Å². The fraction of sp³-hybridized carbons (Fsp3) is 0.125. The number of furan rings is 1. The zero-order valence-corrected chi connectivity index (χ0v) is 17.5. The normalized spacial score (nSPS) is 15.0. The highest BCUT2D eigenvalue weighted by Gasteiger charge is 2.36. The number of urea groups is 1. The summed E-state index contributed by atoms with van der Waals surface area (Å²) in [6.45, 7) is 0.0117. The van der Waals surface area contributed by atoms with Gasteiger partial charge in [-0.2, -0.15) is 0 Å². The van der Waals surface area contributed by atoms with Crippen molar-refractivity contribution in [2.45, 2.75) is 13.2 Å². The number of hydrogen-bond acceptors (Lipinski definition) is 6. The Bertz CT molecular complexity index is 1240. The summed E-state index contributed by atoms with van der Waals surface area (Å²) in [7, 11) is 1.45. The third kappa shape index (κ3) is 4.93. The molecule has 1 saturated heterocycles. The van der Waals surface area contributed by atoms with E-state index >= 15 is 0 Å². The number of imide groups is 2. The van der Waals surface area contributed by atoms with Crippen molar-refractivity contribution in [2.24, 2.45) is 0 Å². The van der Waals surface area contributed by atoms with Crippen molar-refractivity contribution >= 4 is 23.9 Å². The number of methoxy groups -OCH3 is 1. The maximum absolute atomic E-state index is 13.4. The van der Waals surface area contributed by atoms with Gasteiger partial charge in [0.2, 0.25) is 0 Å². The van der Waals surface area contributed by atoms with Crippen LogP contribution in [0, 0.1) is 5.82 Å². The van der Waals surface area contributed by atoms with Crippen LogP contribution in [-0.4, -0.2) is 29.9 Å². The SMILES string of the molecule is COc1cc(C=C2C(=O)NC(=O)N(Cc3ccco3)C2=O)ccc1OCc1cccc(F)c1. The Kier molecular flexibility index (Phi) is 6.21. The molecule has 4 rings (SSSR count). The molecule has 9 heteroatoms. The molecule has 3 aromatic rings. The summed E-state index contributed by atoms with van der Waals surface area (Å²) < 4.78 is 29.6. The van der Waals surface area contributed by atoms with E-state index in [0.29, 0.717) is 28.4 Å². The number of nitrogens with one attached hydrogen (secondary N) is 1. The lowest BCUT2D eigenvalue weighted by atomic mass is 10.1. The minimum absolute atomic E-state index is 0.113. The Hall–Kier alpha value is -4.40. The van der Waals surface area contributed by atoms with Gasteiger partial charge in [0.25, 0.3) is 11.8 Å². The van der Waals surface area contributed by atoms with Crippen molar-refractivity contribution in [1.29, 1.82) is 0 Å². The van der Waals surface area contributed by atoms with E-state index in [0.717, 1.165) is 4.90 Å². The second-order valence-corrected chi connectivity index (χ2v) is 7.12. The second kappa shape index (κ2) is 9.39. The summed E-state index contributed by atoms with van der Waals surface area (Å²) in [5.74, 6) is -0.753. The first-order valence-corrected chi connectivity index (χ1v) is 9.91. The van der Waals surface area contributed by atoms with Gasteiger partial charge in [-0.3, -0.25) is 19.8 Å². The smallest absolute Gasteiger partial charge is 0.331 e. The van der Waals surface area contributed by atoms with Gasteiger partial charge >= 0.3 is 6.03 Å². The highest BCUT2D eigenvalue weighted by atomic mass is 19.1. The van der Waals surface area contributed by atoms with E-state index in [2.05, 4.69) is 5.32 Å². The van der Waals surface area contributed by atoms with Crippen LogP contribution < -0.4 is 14.8 Å². The highest BCUT2D eigenvalue weighted by molar-refractivity contribution is 6.30. The maximum atomic E-state index is 13.4. The summed E-state index contributed by atoms with van der Waals surface area (Å²) in [6.07, 6.45) is 2.78. The van der Waals surface area contributed by atoms with Crippen molar-refractivity contribution < 1.29 is 32.7 Å². The minimum atomic E-state index is -0.822. The van der Waals surface area contributed by atoms with Gasteiger partial charge in [-0.05, 0) is 53.6 Å². The number of nitrogens with zero attached hydrogens (tertiary/aromatic N) is 1. The lowest BCUT2D eigenvalue weighted by Gasteiger charge is -2.25. The molecule has 168 valence electrons. The Morgan fingerprint density at radius 3 is 2.64 bits per heavy atom. The predicted molar refractivity (Wildman–Crippen MR) is 114 cm³/mol. The highest BCUT2D eigenvalue weighted by Crippen LogP contribution is 2.30. The number of carbonyl (C=O) groups excluding carboxylic acids is 3. The number of amides is 4. The van der Waals surface area contributed by atoms with Gasteiger partial charge < -0.3 is 13.9 Å². The molecule has 1 fully saturated rings. The van der Waals surface area contributed by atoms with Crippen LogP contribution in [0.15, 0.2) is 70.9 Å². The number of rotatable bonds is 7. The summed E-state index contributed by atoms with van der Waals surface area (Å²) in [5, 5.41) is 2.16. The van der Waals surface area contributed by atoms with Crippen molar-refractivity contribution in [3.8, 4) is 11.5 Å². The van der Waals surface area contributed by atoms with E-state index in [-0.39, 0.29) is 24.5 Å². The van der Waals surface area contributed by atoms with Crippen molar-refractivity contribution in [3.05, 3.63) is 89.1 Å². The molecule has 0 radical (unpaired) electrons. The van der Waals surface area contributed by atoms with Gasteiger partial charge in [-0.1, -0.05) is 18.2 Å². The topological polar surface area (TPSA) is 98.1 Å².